The van der Waals surface area contributed by atoms with Crippen molar-refractivity contribution in [2.75, 3.05) is 18.2 Å². The summed E-state index contributed by atoms with van der Waals surface area (Å²) < 4.78 is 5.52. The van der Waals surface area contributed by atoms with Crippen molar-refractivity contribution in [2.24, 2.45) is 0 Å². The Bertz CT molecular complexity index is 1540. The molecule has 0 fully saturated rings. The number of amides is 2. The Morgan fingerprint density at radius 3 is 2.70 bits per heavy atom. The summed E-state index contributed by atoms with van der Waals surface area (Å²) in [5.74, 6) is 6.22. The molecule has 0 aliphatic carbocycles. The Balaban J connectivity index is 1.49. The van der Waals surface area contributed by atoms with Crippen LogP contribution in [0.3, 0.4) is 0 Å². The molecule has 2 aromatic carbocycles. The fraction of sp³-hybridized carbons (Fsp3) is 0.111. The highest BCUT2D eigenvalue weighted by molar-refractivity contribution is 7.13. The summed E-state index contributed by atoms with van der Waals surface area (Å²) in [4.78, 5) is 36.9. The number of halogens is 1. The van der Waals surface area contributed by atoms with Gasteiger partial charge in [-0.15, -0.1) is 11.3 Å². The Morgan fingerprint density at radius 2 is 1.97 bits per heavy atom. The molecule has 8 nitrogen and oxygen atoms in total. The Kier molecular flexibility index (Phi) is 6.77. The number of anilines is 2. The number of carbonyl (C=O) groups excluding carboxylic acids is 2. The zero-order valence-electron chi connectivity index (χ0n) is 19.6. The molecule has 2 amide bonds. The maximum Gasteiger partial charge on any atom is 0.255 e. The molecule has 0 saturated heterocycles. The number of rotatable bonds is 5. The van der Waals surface area contributed by atoms with Crippen molar-refractivity contribution < 1.29 is 14.3 Å². The molecule has 0 radical (unpaired) electrons. The van der Waals surface area contributed by atoms with Crippen LogP contribution in [0.4, 0.5) is 10.9 Å². The molecule has 37 heavy (non-hydrogen) atoms. The van der Waals surface area contributed by atoms with Crippen molar-refractivity contribution in [1.82, 2.24) is 14.9 Å². The van der Waals surface area contributed by atoms with Gasteiger partial charge in [0, 0.05) is 51.6 Å². The number of carbonyl (C=O) groups is 2. The standard InChI is InChI=1S/C27H20ClN5O3S/c1-36-22-8-7-19(28)13-21(22)24(25(34)32-27-30-10-11-37-27)33-15-18-6-4-16(12-20(18)26(33)35)2-3-17-5-9-23(29)31-14-17/h4-14,24H,15H2,1H3,(H2,29,31)(H,30,32,34). The highest BCUT2D eigenvalue weighted by atomic mass is 35.5. The number of fused-ring (bicyclic) bond motifs is 1. The van der Waals surface area contributed by atoms with E-state index < -0.39 is 11.9 Å². The number of hydrogen-bond donors (Lipinski definition) is 2. The van der Waals surface area contributed by atoms with Crippen LogP contribution in [0.25, 0.3) is 0 Å². The molecule has 0 spiro atoms. The van der Waals surface area contributed by atoms with E-state index in [0.717, 1.165) is 5.56 Å². The Morgan fingerprint density at radius 1 is 1.16 bits per heavy atom. The van der Waals surface area contributed by atoms with Crippen molar-refractivity contribution in [3.05, 3.63) is 99.1 Å². The molecule has 184 valence electrons. The van der Waals surface area contributed by atoms with Gasteiger partial charge in [-0.3, -0.25) is 14.9 Å². The average Bonchev–Trinajstić information content (AvgIpc) is 3.52. The van der Waals surface area contributed by atoms with Crippen LogP contribution in [-0.4, -0.2) is 33.8 Å². The molecule has 3 heterocycles. The first-order chi connectivity index (χ1) is 17.9. The van der Waals surface area contributed by atoms with Gasteiger partial charge in [-0.1, -0.05) is 29.5 Å². The first kappa shape index (κ1) is 24.3. The highest BCUT2D eigenvalue weighted by Crippen LogP contribution is 2.38. The van der Waals surface area contributed by atoms with E-state index in [1.54, 1.807) is 54.2 Å². The van der Waals surface area contributed by atoms with E-state index in [1.165, 1.54) is 23.3 Å². The van der Waals surface area contributed by atoms with Crippen molar-refractivity contribution in [3.8, 4) is 17.6 Å². The summed E-state index contributed by atoms with van der Waals surface area (Å²) in [6, 6.07) is 12.9. The minimum Gasteiger partial charge on any atom is -0.496 e. The molecular formula is C27H20ClN5O3S. The van der Waals surface area contributed by atoms with Gasteiger partial charge in [-0.05, 0) is 48.0 Å². The summed E-state index contributed by atoms with van der Waals surface area (Å²) in [5, 5.41) is 5.41. The van der Waals surface area contributed by atoms with Crippen LogP contribution < -0.4 is 15.8 Å². The van der Waals surface area contributed by atoms with Crippen LogP contribution in [0, 0.1) is 11.8 Å². The predicted molar refractivity (Wildman–Crippen MR) is 142 cm³/mol. The number of methoxy groups -OCH3 is 1. The molecule has 0 saturated carbocycles. The largest absolute Gasteiger partial charge is 0.496 e. The van der Waals surface area contributed by atoms with Gasteiger partial charge < -0.3 is 15.4 Å². The van der Waals surface area contributed by atoms with Crippen LogP contribution in [-0.2, 0) is 11.3 Å². The maximum atomic E-state index is 13.7. The third kappa shape index (κ3) is 5.11. The molecule has 3 N–H and O–H groups in total. The average molecular weight is 530 g/mol. The van der Waals surface area contributed by atoms with Crippen LogP contribution >= 0.6 is 22.9 Å². The van der Waals surface area contributed by atoms with Gasteiger partial charge in [0.05, 0.1) is 7.11 Å². The van der Waals surface area contributed by atoms with E-state index in [4.69, 9.17) is 22.1 Å². The summed E-state index contributed by atoms with van der Waals surface area (Å²) in [6.45, 7) is 0.232. The summed E-state index contributed by atoms with van der Waals surface area (Å²) in [6.07, 6.45) is 3.18. The van der Waals surface area contributed by atoms with E-state index in [0.29, 0.717) is 44.0 Å². The number of hydrogen-bond acceptors (Lipinski definition) is 7. The van der Waals surface area contributed by atoms with E-state index >= 15 is 0 Å². The number of benzene rings is 2. The van der Waals surface area contributed by atoms with Gasteiger partial charge in [-0.2, -0.15) is 0 Å². The number of aromatic nitrogens is 2. The lowest BCUT2D eigenvalue weighted by Gasteiger charge is -2.28. The lowest BCUT2D eigenvalue weighted by atomic mass is 10.0. The number of pyridine rings is 1. The van der Waals surface area contributed by atoms with Gasteiger partial charge in [0.1, 0.15) is 17.6 Å². The smallest absolute Gasteiger partial charge is 0.255 e. The molecule has 1 aliphatic rings. The highest BCUT2D eigenvalue weighted by Gasteiger charge is 2.39. The second kappa shape index (κ2) is 10.3. The summed E-state index contributed by atoms with van der Waals surface area (Å²) in [5.41, 5.74) is 8.74. The Labute approximate surface area is 222 Å². The number of thiazole rings is 1. The van der Waals surface area contributed by atoms with Crippen molar-refractivity contribution in [1.29, 1.82) is 0 Å². The molecule has 1 atom stereocenters. The van der Waals surface area contributed by atoms with Gasteiger partial charge in [0.2, 0.25) is 0 Å². The molecular weight excluding hydrogens is 510 g/mol. The van der Waals surface area contributed by atoms with Crippen molar-refractivity contribution >= 4 is 45.7 Å². The molecule has 4 aromatic rings. The van der Waals surface area contributed by atoms with Crippen LogP contribution in [0.15, 0.2) is 66.3 Å². The third-order valence-electron chi connectivity index (χ3n) is 5.79. The Hall–Kier alpha value is -4.39. The summed E-state index contributed by atoms with van der Waals surface area (Å²) >= 11 is 7.57. The second-order valence-electron chi connectivity index (χ2n) is 8.14. The molecule has 2 aromatic heterocycles. The first-order valence-corrected chi connectivity index (χ1v) is 12.4. The second-order valence-corrected chi connectivity index (χ2v) is 9.47. The monoisotopic (exact) mass is 529 g/mol. The number of nitrogen functional groups attached to an aromatic ring is 1. The SMILES string of the molecule is COc1ccc(Cl)cc1C(C(=O)Nc1nccs1)N1Cc2ccc(C#Cc3ccc(N)nc3)cc2C1=O. The van der Waals surface area contributed by atoms with Crippen LogP contribution in [0.5, 0.6) is 5.75 Å². The summed E-state index contributed by atoms with van der Waals surface area (Å²) in [7, 11) is 1.50. The van der Waals surface area contributed by atoms with Crippen LogP contribution in [0.2, 0.25) is 5.02 Å². The lowest BCUT2D eigenvalue weighted by Crippen LogP contribution is -2.37. The van der Waals surface area contributed by atoms with Crippen molar-refractivity contribution in [3.63, 3.8) is 0 Å². The normalized spacial score (nSPS) is 12.9. The van der Waals surface area contributed by atoms with Crippen LogP contribution in [0.1, 0.15) is 38.7 Å². The van der Waals surface area contributed by atoms with Gasteiger partial charge in [-0.25, -0.2) is 9.97 Å². The fourth-order valence-electron chi connectivity index (χ4n) is 4.06. The molecule has 0 bridgehead atoms. The number of nitrogens with zero attached hydrogens (tertiary/aromatic N) is 3. The molecule has 1 aliphatic heterocycles. The topological polar surface area (TPSA) is 110 Å². The third-order valence-corrected chi connectivity index (χ3v) is 6.71. The van der Waals surface area contributed by atoms with Crippen molar-refractivity contribution in [2.45, 2.75) is 12.6 Å². The van der Waals surface area contributed by atoms with E-state index in [2.05, 4.69) is 27.1 Å². The lowest BCUT2D eigenvalue weighted by molar-refractivity contribution is -0.120. The van der Waals surface area contributed by atoms with Gasteiger partial charge in [0.25, 0.3) is 11.8 Å². The molecule has 10 heteroatoms. The fourth-order valence-corrected chi connectivity index (χ4v) is 4.77. The van der Waals surface area contributed by atoms with E-state index in [1.807, 2.05) is 12.1 Å². The van der Waals surface area contributed by atoms with E-state index in [9.17, 15) is 9.59 Å². The quantitative estimate of drug-likeness (QED) is 0.368. The predicted octanol–water partition coefficient (Wildman–Crippen LogP) is 4.52. The van der Waals surface area contributed by atoms with E-state index in [-0.39, 0.29) is 12.5 Å². The zero-order valence-corrected chi connectivity index (χ0v) is 21.1. The number of ether oxygens (including phenoxy) is 1. The zero-order chi connectivity index (χ0) is 25.9. The number of nitrogens with two attached hydrogens (primary N) is 1. The molecule has 1 unspecified atom stereocenters. The first-order valence-electron chi connectivity index (χ1n) is 11.1. The van der Waals surface area contributed by atoms with Gasteiger partial charge in [0.15, 0.2) is 5.13 Å². The minimum atomic E-state index is -1.01. The van der Waals surface area contributed by atoms with Gasteiger partial charge >= 0.3 is 0 Å². The minimum absolute atomic E-state index is 0.232. The molecule has 5 rings (SSSR count). The number of nitrogens with one attached hydrogen (secondary N) is 1. The maximum absolute atomic E-state index is 13.7.